The van der Waals surface area contributed by atoms with Gasteiger partial charge in [0.15, 0.2) is 0 Å². The number of carboxylic acid groups (broad SMARTS) is 2. The van der Waals surface area contributed by atoms with Crippen LogP contribution in [-0.2, 0) is 0 Å². The van der Waals surface area contributed by atoms with Gasteiger partial charge in [-0.05, 0) is 65.6 Å². The van der Waals surface area contributed by atoms with Crippen molar-refractivity contribution in [2.45, 2.75) is 0 Å². The molecule has 4 N–H and O–H groups in total. The molecule has 5 rings (SSSR count). The van der Waals surface area contributed by atoms with Crippen LogP contribution in [0.2, 0.25) is 0 Å². The van der Waals surface area contributed by atoms with Gasteiger partial charge in [-0.15, -0.1) is 0 Å². The molecule has 1 heterocycles. The molecule has 0 saturated heterocycles. The van der Waals surface area contributed by atoms with Gasteiger partial charge in [0.05, 0.1) is 16.8 Å². The first-order valence-electron chi connectivity index (χ1n) is 12.6. The SMILES string of the molecule is CN1C=CC(=CC=CC=Nc2ccc(C(=O)O)cc2)c2ccccc21.NC(=O)c1cccc2cccc(C(=O)O)c12. The molecule has 1 aliphatic heterocycles. The number of para-hydroxylation sites is 1. The normalized spacial score (nSPS) is 13.3. The molecule has 0 radical (unpaired) electrons. The maximum Gasteiger partial charge on any atom is 0.336 e. The summed E-state index contributed by atoms with van der Waals surface area (Å²) in [4.78, 5) is 39.4. The number of fused-ring (bicyclic) bond motifs is 2. The zero-order valence-corrected chi connectivity index (χ0v) is 22.1. The number of anilines is 1. The summed E-state index contributed by atoms with van der Waals surface area (Å²) in [5, 5.41) is 19.0. The first kappa shape index (κ1) is 28.3. The van der Waals surface area contributed by atoms with Crippen LogP contribution < -0.4 is 10.6 Å². The Morgan fingerprint density at radius 1 is 0.805 bits per heavy atom. The van der Waals surface area contributed by atoms with E-state index in [1.165, 1.54) is 23.4 Å². The molecule has 0 aromatic heterocycles. The molecule has 0 saturated carbocycles. The Labute approximate surface area is 236 Å². The fraction of sp³-hybridized carbons (Fsp3) is 0.0303. The van der Waals surface area contributed by atoms with Gasteiger partial charge in [0.2, 0.25) is 5.91 Å². The number of nitrogens with zero attached hydrogens (tertiary/aromatic N) is 2. The first-order chi connectivity index (χ1) is 19.8. The summed E-state index contributed by atoms with van der Waals surface area (Å²) < 4.78 is 0. The van der Waals surface area contributed by atoms with Crippen molar-refractivity contribution >= 4 is 51.8 Å². The molecule has 4 aromatic carbocycles. The number of primary amides is 1. The van der Waals surface area contributed by atoms with E-state index in [0.29, 0.717) is 16.5 Å². The van der Waals surface area contributed by atoms with Crippen molar-refractivity contribution in [2.24, 2.45) is 10.7 Å². The first-order valence-corrected chi connectivity index (χ1v) is 12.6. The van der Waals surface area contributed by atoms with Crippen molar-refractivity contribution in [3.63, 3.8) is 0 Å². The maximum atomic E-state index is 11.2. The summed E-state index contributed by atoms with van der Waals surface area (Å²) in [7, 11) is 2.03. The monoisotopic (exact) mass is 545 g/mol. The van der Waals surface area contributed by atoms with Gasteiger partial charge < -0.3 is 20.8 Å². The van der Waals surface area contributed by atoms with Gasteiger partial charge in [-0.1, -0.05) is 54.6 Å². The third-order valence-corrected chi connectivity index (χ3v) is 6.28. The van der Waals surface area contributed by atoms with E-state index in [-0.39, 0.29) is 16.7 Å². The second-order valence-corrected chi connectivity index (χ2v) is 8.96. The maximum absolute atomic E-state index is 11.2. The topological polar surface area (TPSA) is 133 Å². The molecule has 0 atom stereocenters. The Balaban J connectivity index is 0.000000208. The number of allylic oxidation sites excluding steroid dienone is 5. The fourth-order valence-corrected chi connectivity index (χ4v) is 4.29. The summed E-state index contributed by atoms with van der Waals surface area (Å²) in [6, 6.07) is 24.5. The van der Waals surface area contributed by atoms with Gasteiger partial charge in [-0.3, -0.25) is 9.79 Å². The van der Waals surface area contributed by atoms with Gasteiger partial charge in [0.1, 0.15) is 0 Å². The van der Waals surface area contributed by atoms with E-state index in [1.807, 2.05) is 43.6 Å². The Bertz CT molecular complexity index is 1690. The van der Waals surface area contributed by atoms with E-state index in [0.717, 1.165) is 5.57 Å². The molecule has 0 spiro atoms. The standard InChI is InChI=1S/C21H18N2O2.C12H9NO3/c1-23-15-13-16(19-7-2-3-8-20(19)23)6-4-5-14-22-18-11-9-17(10-12-18)21(24)25;13-11(14)8-5-1-3-7-4-2-6-9(10(7)8)12(15)16/h2-15H,1H3,(H,24,25);1-6H,(H2,13,14)(H,15,16). The zero-order valence-electron chi connectivity index (χ0n) is 22.1. The molecule has 0 unspecified atom stereocenters. The average molecular weight is 546 g/mol. The van der Waals surface area contributed by atoms with Crippen LogP contribution in [0.3, 0.4) is 0 Å². The number of benzene rings is 4. The predicted molar refractivity (Wildman–Crippen MR) is 162 cm³/mol. The second kappa shape index (κ2) is 12.9. The van der Waals surface area contributed by atoms with E-state index in [2.05, 4.69) is 28.1 Å². The Hall–Kier alpha value is -5.76. The molecule has 8 nitrogen and oxygen atoms in total. The van der Waals surface area contributed by atoms with Gasteiger partial charge in [-0.25, -0.2) is 9.59 Å². The second-order valence-electron chi connectivity index (χ2n) is 8.96. The van der Waals surface area contributed by atoms with Crippen molar-refractivity contribution in [1.29, 1.82) is 0 Å². The number of carboxylic acids is 2. The van der Waals surface area contributed by atoms with Crippen LogP contribution in [0.15, 0.2) is 120 Å². The Kier molecular flexibility index (Phi) is 8.86. The third-order valence-electron chi connectivity index (χ3n) is 6.28. The lowest BCUT2D eigenvalue weighted by molar-refractivity contribution is 0.0687. The summed E-state index contributed by atoms with van der Waals surface area (Å²) >= 11 is 0. The molecule has 1 amide bonds. The minimum Gasteiger partial charge on any atom is -0.478 e. The van der Waals surface area contributed by atoms with E-state index in [1.54, 1.807) is 54.7 Å². The molecular formula is C33H27N3O5. The molecule has 0 bridgehead atoms. The van der Waals surface area contributed by atoms with E-state index < -0.39 is 17.8 Å². The molecular weight excluding hydrogens is 518 g/mol. The van der Waals surface area contributed by atoms with Crippen LogP contribution in [-0.4, -0.2) is 41.3 Å². The lowest BCUT2D eigenvalue weighted by Crippen LogP contribution is -2.13. The number of carbonyl (C=O) groups is 3. The lowest BCUT2D eigenvalue weighted by atomic mass is 9.99. The fourth-order valence-electron chi connectivity index (χ4n) is 4.29. The van der Waals surface area contributed by atoms with E-state index in [9.17, 15) is 14.4 Å². The van der Waals surface area contributed by atoms with Crippen molar-refractivity contribution < 1.29 is 24.6 Å². The highest BCUT2D eigenvalue weighted by Gasteiger charge is 2.14. The van der Waals surface area contributed by atoms with Gasteiger partial charge >= 0.3 is 11.9 Å². The molecule has 41 heavy (non-hydrogen) atoms. The quantitative estimate of drug-likeness (QED) is 0.243. The van der Waals surface area contributed by atoms with Gasteiger partial charge in [0, 0.05) is 41.7 Å². The Morgan fingerprint density at radius 3 is 2.15 bits per heavy atom. The largest absolute Gasteiger partial charge is 0.478 e. The van der Waals surface area contributed by atoms with Crippen LogP contribution in [0.25, 0.3) is 16.3 Å². The number of aliphatic imine (C=N–C) groups is 1. The summed E-state index contributed by atoms with van der Waals surface area (Å²) in [6.07, 6.45) is 11.7. The highest BCUT2D eigenvalue weighted by atomic mass is 16.4. The number of hydrogen-bond acceptors (Lipinski definition) is 5. The van der Waals surface area contributed by atoms with Crippen molar-refractivity contribution in [3.05, 3.63) is 138 Å². The Morgan fingerprint density at radius 2 is 1.49 bits per heavy atom. The minimum absolute atomic E-state index is 0.0897. The van der Waals surface area contributed by atoms with Crippen LogP contribution in [0, 0.1) is 0 Å². The number of carbonyl (C=O) groups excluding carboxylic acids is 1. The molecule has 0 aliphatic carbocycles. The molecule has 1 aliphatic rings. The van der Waals surface area contributed by atoms with Crippen molar-refractivity contribution in [3.8, 4) is 0 Å². The number of rotatable bonds is 6. The van der Waals surface area contributed by atoms with Crippen molar-refractivity contribution in [2.75, 3.05) is 11.9 Å². The summed E-state index contributed by atoms with van der Waals surface area (Å²) in [6.45, 7) is 0. The van der Waals surface area contributed by atoms with Crippen LogP contribution in [0.1, 0.15) is 36.6 Å². The van der Waals surface area contributed by atoms with Gasteiger partial charge in [-0.2, -0.15) is 0 Å². The molecule has 8 heteroatoms. The molecule has 4 aromatic rings. The minimum atomic E-state index is -1.07. The average Bonchev–Trinajstić information content (AvgIpc) is 2.98. The zero-order chi connectivity index (χ0) is 29.4. The molecule has 204 valence electrons. The van der Waals surface area contributed by atoms with Crippen LogP contribution >= 0.6 is 0 Å². The lowest BCUT2D eigenvalue weighted by Gasteiger charge is -2.23. The number of hydrogen-bond donors (Lipinski definition) is 3. The van der Waals surface area contributed by atoms with Crippen LogP contribution in [0.5, 0.6) is 0 Å². The summed E-state index contributed by atoms with van der Waals surface area (Å²) in [5.41, 5.74) is 10.0. The number of aromatic carboxylic acids is 2. The van der Waals surface area contributed by atoms with Crippen LogP contribution in [0.4, 0.5) is 11.4 Å². The highest BCUT2D eigenvalue weighted by Crippen LogP contribution is 2.31. The highest BCUT2D eigenvalue weighted by molar-refractivity contribution is 6.13. The third kappa shape index (κ3) is 6.82. The van der Waals surface area contributed by atoms with Gasteiger partial charge in [0.25, 0.3) is 0 Å². The smallest absolute Gasteiger partial charge is 0.336 e. The summed E-state index contributed by atoms with van der Waals surface area (Å²) in [5.74, 6) is -2.63. The predicted octanol–water partition coefficient (Wildman–Crippen LogP) is 6.33. The van der Waals surface area contributed by atoms with E-state index in [4.69, 9.17) is 15.9 Å². The van der Waals surface area contributed by atoms with E-state index >= 15 is 0 Å². The molecule has 0 fully saturated rings. The van der Waals surface area contributed by atoms with Crippen molar-refractivity contribution in [1.82, 2.24) is 0 Å². The number of nitrogens with two attached hydrogens (primary N) is 1. The number of amides is 1.